The van der Waals surface area contributed by atoms with Gasteiger partial charge in [-0.25, -0.2) is 4.98 Å². The molecule has 5 aromatic rings. The highest BCUT2D eigenvalue weighted by atomic mass is 16.6. The molecule has 2 aliphatic carbocycles. The Labute approximate surface area is 392 Å². The van der Waals surface area contributed by atoms with E-state index in [-0.39, 0.29) is 74.3 Å². The summed E-state index contributed by atoms with van der Waals surface area (Å²) >= 11 is 0. The number of aromatic nitrogens is 3. The van der Waals surface area contributed by atoms with E-state index in [1.807, 2.05) is 50.4 Å². The van der Waals surface area contributed by atoms with Crippen LogP contribution in [0.1, 0.15) is 88.8 Å². The van der Waals surface area contributed by atoms with Gasteiger partial charge in [0.15, 0.2) is 0 Å². The lowest BCUT2D eigenvalue weighted by Crippen LogP contribution is -2.57. The van der Waals surface area contributed by atoms with Gasteiger partial charge >= 0.3 is 0 Å². The van der Waals surface area contributed by atoms with Gasteiger partial charge in [-0.15, -0.1) is 0 Å². The van der Waals surface area contributed by atoms with Crippen molar-refractivity contribution in [1.29, 1.82) is 0 Å². The number of nitrogens with zero attached hydrogens (tertiary/aromatic N) is 3. The molecule has 356 valence electrons. The number of aromatic amines is 1. The third-order valence-electron chi connectivity index (χ3n) is 13.6. The van der Waals surface area contributed by atoms with Gasteiger partial charge in [0.2, 0.25) is 29.5 Å². The molecule has 8 rings (SSSR count). The molecule has 3 aromatic heterocycles. The summed E-state index contributed by atoms with van der Waals surface area (Å²) in [7, 11) is 0. The normalized spacial score (nSPS) is 19.4. The lowest BCUT2D eigenvalue weighted by atomic mass is 9.83. The average molecular weight is 916 g/mol. The van der Waals surface area contributed by atoms with Crippen molar-refractivity contribution in [1.82, 2.24) is 35.8 Å². The first-order valence-corrected chi connectivity index (χ1v) is 24.2. The lowest BCUT2D eigenvalue weighted by Gasteiger charge is -2.35. The van der Waals surface area contributed by atoms with Crippen molar-refractivity contribution in [2.24, 2.45) is 11.8 Å². The first-order valence-electron chi connectivity index (χ1n) is 24.2. The molecule has 0 bridgehead atoms. The second kappa shape index (κ2) is 23.2. The van der Waals surface area contributed by atoms with E-state index >= 15 is 0 Å². The molecule has 67 heavy (non-hydrogen) atoms. The number of carbonyl (C=O) groups is 4. The molecule has 1 aliphatic heterocycles. The molecule has 4 amide bonds. The van der Waals surface area contributed by atoms with Crippen LogP contribution in [0.5, 0.6) is 5.88 Å². The molecule has 15 heteroatoms. The fraction of sp³-hybridized carbons (Fsp3) is 0.500. The predicted octanol–water partition coefficient (Wildman–Crippen LogP) is 6.60. The number of nitrogens with one attached hydrogen (secondary N) is 4. The number of likely N-dealkylation sites (tertiary alicyclic amines) is 1. The Balaban J connectivity index is 0.753. The maximum absolute atomic E-state index is 14.6. The van der Waals surface area contributed by atoms with Gasteiger partial charge in [0, 0.05) is 70.5 Å². The van der Waals surface area contributed by atoms with E-state index < -0.39 is 18.1 Å². The number of fused-ring (bicyclic) bond motifs is 4. The minimum Gasteiger partial charge on any atom is -0.475 e. The van der Waals surface area contributed by atoms with Gasteiger partial charge in [-0.05, 0) is 85.8 Å². The maximum Gasteiger partial charge on any atom is 0.246 e. The molecule has 3 aliphatic rings. The van der Waals surface area contributed by atoms with Gasteiger partial charge in [0.1, 0.15) is 25.3 Å². The summed E-state index contributed by atoms with van der Waals surface area (Å²) < 4.78 is 22.7. The van der Waals surface area contributed by atoms with Crippen LogP contribution in [0.15, 0.2) is 79.3 Å². The van der Waals surface area contributed by atoms with Gasteiger partial charge < -0.3 is 44.8 Å². The number of hydrogen-bond donors (Lipinski definition) is 4. The van der Waals surface area contributed by atoms with Crippen molar-refractivity contribution in [3.63, 3.8) is 0 Å². The molecule has 1 saturated carbocycles. The van der Waals surface area contributed by atoms with Crippen molar-refractivity contribution in [2.75, 3.05) is 52.8 Å². The number of benzene rings is 2. The van der Waals surface area contributed by atoms with E-state index in [9.17, 15) is 19.2 Å². The van der Waals surface area contributed by atoms with E-state index in [4.69, 9.17) is 18.9 Å². The molecule has 15 nitrogen and oxygen atoms in total. The zero-order valence-corrected chi connectivity index (χ0v) is 38.8. The summed E-state index contributed by atoms with van der Waals surface area (Å²) in [6.07, 6.45) is 13.8. The van der Waals surface area contributed by atoms with E-state index in [2.05, 4.69) is 61.2 Å². The zero-order chi connectivity index (χ0) is 46.5. The average Bonchev–Trinajstić information content (AvgIpc) is 3.96. The third-order valence-corrected chi connectivity index (χ3v) is 13.6. The topological polar surface area (TPSA) is 186 Å². The standard InChI is InChI=1S/C52H65N7O8/c1-3-34(2)50(61)58-49(36-11-5-4-6-12-36)52(63)59-32-39(29-46(59)51(62)57-43-15-9-13-35-10-7-8-14-40(35)43)55-47(60)33-66-25-24-64-22-23-65-26-27-67-48-19-17-38(30-54-48)37-16-18-41-42-31-53-21-20-44(42)56-45(41)28-37/h7-8,10,14,16-21,28,30-31,34,36,39,43,46,49,56H,3-6,9,11-13,15,22-27,29,32-33H2,1-2H3,(H,55,60)(H,57,62)(H,58,61)/t34-,39+,43-,46+,49+/m1/s1. The van der Waals surface area contributed by atoms with Crippen LogP contribution in [0.2, 0.25) is 0 Å². The number of carbonyl (C=O) groups excluding carboxylic acids is 4. The summed E-state index contributed by atoms with van der Waals surface area (Å²) in [4.78, 5) is 69.0. The first-order chi connectivity index (χ1) is 32.7. The first kappa shape index (κ1) is 47.6. The van der Waals surface area contributed by atoms with Crippen LogP contribution in [0.25, 0.3) is 32.9 Å². The quantitative estimate of drug-likeness (QED) is 0.0585. The number of ether oxygens (including phenoxy) is 4. The van der Waals surface area contributed by atoms with Gasteiger partial charge in [0.05, 0.1) is 39.1 Å². The molecule has 0 unspecified atom stereocenters. The van der Waals surface area contributed by atoms with E-state index in [0.29, 0.717) is 38.7 Å². The predicted molar refractivity (Wildman–Crippen MR) is 255 cm³/mol. The summed E-state index contributed by atoms with van der Waals surface area (Å²) in [6.45, 7) is 5.68. The van der Waals surface area contributed by atoms with Crippen molar-refractivity contribution in [3.05, 3.63) is 90.4 Å². The van der Waals surface area contributed by atoms with Gasteiger partial charge in [-0.3, -0.25) is 24.2 Å². The van der Waals surface area contributed by atoms with Crippen molar-refractivity contribution >= 4 is 45.4 Å². The molecule has 0 spiro atoms. The lowest BCUT2D eigenvalue weighted by molar-refractivity contribution is -0.143. The molecule has 0 radical (unpaired) electrons. The van der Waals surface area contributed by atoms with Crippen molar-refractivity contribution in [2.45, 2.75) is 102 Å². The van der Waals surface area contributed by atoms with Crippen LogP contribution in [0.4, 0.5) is 0 Å². The number of aryl methyl sites for hydroxylation is 1. The van der Waals surface area contributed by atoms with Crippen molar-refractivity contribution < 1.29 is 38.1 Å². The van der Waals surface area contributed by atoms with E-state index in [0.717, 1.165) is 89.9 Å². The van der Waals surface area contributed by atoms with Crippen LogP contribution in [0, 0.1) is 11.8 Å². The Hall–Kier alpha value is -5.90. The number of amides is 4. The highest BCUT2D eigenvalue weighted by molar-refractivity contribution is 6.07. The fourth-order valence-corrected chi connectivity index (χ4v) is 9.75. The van der Waals surface area contributed by atoms with Crippen LogP contribution in [-0.4, -0.2) is 114 Å². The van der Waals surface area contributed by atoms with Crippen LogP contribution in [-0.2, 0) is 39.8 Å². The summed E-state index contributed by atoms with van der Waals surface area (Å²) in [5.74, 6) is -0.744. The Morgan fingerprint density at radius 3 is 2.37 bits per heavy atom. The number of rotatable bonds is 21. The molecular formula is C52H65N7O8. The Morgan fingerprint density at radius 1 is 0.806 bits per heavy atom. The molecular weight excluding hydrogens is 851 g/mol. The van der Waals surface area contributed by atoms with Crippen LogP contribution >= 0.6 is 0 Å². The van der Waals surface area contributed by atoms with E-state index in [1.54, 1.807) is 17.3 Å². The highest BCUT2D eigenvalue weighted by Crippen LogP contribution is 2.33. The molecule has 2 fully saturated rings. The second-order valence-electron chi connectivity index (χ2n) is 18.2. The van der Waals surface area contributed by atoms with Crippen molar-refractivity contribution in [3.8, 4) is 17.0 Å². The molecule has 5 atom stereocenters. The number of H-pyrrole nitrogens is 1. The number of hydrogen-bond acceptors (Lipinski definition) is 10. The molecule has 2 aromatic carbocycles. The monoisotopic (exact) mass is 915 g/mol. The summed E-state index contributed by atoms with van der Waals surface area (Å²) in [5.41, 5.74) is 6.46. The van der Waals surface area contributed by atoms with Gasteiger partial charge in [-0.2, -0.15) is 0 Å². The smallest absolute Gasteiger partial charge is 0.246 e. The van der Waals surface area contributed by atoms with Gasteiger partial charge in [0.25, 0.3) is 0 Å². The largest absolute Gasteiger partial charge is 0.475 e. The minimum absolute atomic E-state index is 0.0151. The zero-order valence-electron chi connectivity index (χ0n) is 38.8. The Kier molecular flexibility index (Phi) is 16.5. The highest BCUT2D eigenvalue weighted by Gasteiger charge is 2.45. The summed E-state index contributed by atoms with van der Waals surface area (Å²) in [6, 6.07) is 18.1. The van der Waals surface area contributed by atoms with Crippen LogP contribution in [0.3, 0.4) is 0 Å². The van der Waals surface area contributed by atoms with E-state index in [1.165, 1.54) is 5.56 Å². The molecule has 4 heterocycles. The maximum atomic E-state index is 14.6. The SMILES string of the molecule is CC[C@@H](C)C(=O)N[C@H](C(=O)N1C[C@@H](NC(=O)COCCOCCOCCOc2ccc(-c3ccc4c(c3)[nH]c3ccncc34)cn2)C[C@H]1C(=O)N[C@@H]1CCCc2ccccc21)C1CCCCC1. The fourth-order valence-electron chi connectivity index (χ4n) is 9.75. The number of pyridine rings is 2. The molecule has 1 saturated heterocycles. The Bertz CT molecular complexity index is 2450. The van der Waals surface area contributed by atoms with Crippen LogP contribution < -0.4 is 20.7 Å². The summed E-state index contributed by atoms with van der Waals surface area (Å²) in [5, 5.41) is 11.6. The Morgan fingerprint density at radius 2 is 1.58 bits per heavy atom. The minimum atomic E-state index is -0.804. The molecule has 4 N–H and O–H groups in total. The third kappa shape index (κ3) is 12.2. The van der Waals surface area contributed by atoms with Gasteiger partial charge in [-0.1, -0.05) is 69.5 Å². The second-order valence-corrected chi connectivity index (χ2v) is 18.2.